The highest BCUT2D eigenvalue weighted by molar-refractivity contribution is 5.97. The minimum Gasteiger partial charge on any atom is -0.507 e. The van der Waals surface area contributed by atoms with E-state index in [1.165, 1.54) is 13.0 Å². The van der Waals surface area contributed by atoms with Gasteiger partial charge in [-0.2, -0.15) is 0 Å². The van der Waals surface area contributed by atoms with E-state index in [0.717, 1.165) is 12.0 Å². The number of fused-ring (bicyclic) bond motifs is 1. The predicted octanol–water partition coefficient (Wildman–Crippen LogP) is 7.15. The molecule has 7 nitrogen and oxygen atoms in total. The summed E-state index contributed by atoms with van der Waals surface area (Å²) in [7, 11) is 0. The van der Waals surface area contributed by atoms with Gasteiger partial charge in [0.1, 0.15) is 52.9 Å². The summed E-state index contributed by atoms with van der Waals surface area (Å²) in [6, 6.07) is 24.7. The number of ketones is 1. The molecule has 0 saturated heterocycles. The summed E-state index contributed by atoms with van der Waals surface area (Å²) >= 11 is 0. The molecular formula is C34H30O7. The fourth-order valence-electron chi connectivity index (χ4n) is 4.86. The van der Waals surface area contributed by atoms with Crippen molar-refractivity contribution >= 4 is 16.8 Å². The first-order valence-corrected chi connectivity index (χ1v) is 13.4. The molecule has 2 N–H and O–H groups in total. The van der Waals surface area contributed by atoms with Gasteiger partial charge < -0.3 is 24.1 Å². The minimum atomic E-state index is -0.346. The summed E-state index contributed by atoms with van der Waals surface area (Å²) < 4.78 is 18.0. The van der Waals surface area contributed by atoms with Gasteiger partial charge in [0.05, 0.1) is 11.1 Å². The van der Waals surface area contributed by atoms with Gasteiger partial charge in [0.15, 0.2) is 5.78 Å². The fraction of sp³-hybridized carbons (Fsp3) is 0.176. The number of ether oxygens (including phenoxy) is 2. The Labute approximate surface area is 237 Å². The molecule has 0 saturated carbocycles. The molecular weight excluding hydrogens is 520 g/mol. The maximum absolute atomic E-state index is 13.7. The molecule has 208 valence electrons. The number of phenolic OH excluding ortho intramolecular Hbond substituents is 2. The van der Waals surface area contributed by atoms with Crippen LogP contribution < -0.4 is 14.9 Å². The first-order chi connectivity index (χ1) is 19.9. The predicted molar refractivity (Wildman–Crippen MR) is 158 cm³/mol. The molecule has 0 unspecified atom stereocenters. The van der Waals surface area contributed by atoms with E-state index in [2.05, 4.69) is 0 Å². The van der Waals surface area contributed by atoms with Crippen LogP contribution in [0.1, 0.15) is 36.2 Å². The molecule has 0 aliphatic heterocycles. The normalized spacial score (nSPS) is 11.0. The molecule has 0 aliphatic carbocycles. The Morgan fingerprint density at radius 1 is 0.854 bits per heavy atom. The van der Waals surface area contributed by atoms with E-state index in [1.807, 2.05) is 67.6 Å². The quantitative estimate of drug-likeness (QED) is 0.140. The van der Waals surface area contributed by atoms with Gasteiger partial charge in [-0.25, -0.2) is 0 Å². The van der Waals surface area contributed by atoms with E-state index >= 15 is 0 Å². The first kappa shape index (κ1) is 27.5. The molecule has 0 radical (unpaired) electrons. The largest absolute Gasteiger partial charge is 0.507 e. The second-order valence-corrected chi connectivity index (χ2v) is 9.62. The van der Waals surface area contributed by atoms with Gasteiger partial charge in [-0.05, 0) is 31.0 Å². The first-order valence-electron chi connectivity index (χ1n) is 13.4. The summed E-state index contributed by atoms with van der Waals surface area (Å²) in [5.74, 6) is 0.647. The number of carbonyl (C=O) groups excluding carboxylic acids is 1. The van der Waals surface area contributed by atoms with Gasteiger partial charge in [-0.1, -0.05) is 74.0 Å². The monoisotopic (exact) mass is 550 g/mol. The molecule has 41 heavy (non-hydrogen) atoms. The zero-order chi connectivity index (χ0) is 28.9. The van der Waals surface area contributed by atoms with Crippen molar-refractivity contribution in [1.82, 2.24) is 0 Å². The average Bonchev–Trinajstić information content (AvgIpc) is 2.97. The molecule has 5 aromatic rings. The summed E-state index contributed by atoms with van der Waals surface area (Å²) in [6.45, 7) is 3.64. The summed E-state index contributed by atoms with van der Waals surface area (Å²) in [5.41, 5.74) is 2.46. The molecule has 0 amide bonds. The molecule has 4 aromatic carbocycles. The van der Waals surface area contributed by atoms with E-state index in [4.69, 9.17) is 13.9 Å². The lowest BCUT2D eigenvalue weighted by Gasteiger charge is -2.15. The van der Waals surface area contributed by atoms with Crippen molar-refractivity contribution in [2.75, 3.05) is 13.2 Å². The lowest BCUT2D eigenvalue weighted by molar-refractivity contribution is 0.101. The summed E-state index contributed by atoms with van der Waals surface area (Å²) in [6.07, 6.45) is 1.32. The summed E-state index contributed by atoms with van der Waals surface area (Å²) in [5, 5.41) is 21.5. The van der Waals surface area contributed by atoms with Crippen molar-refractivity contribution < 1.29 is 28.9 Å². The Hall–Kier alpha value is -5.04. The number of hydrogen-bond donors (Lipinski definition) is 2. The third-order valence-corrected chi connectivity index (χ3v) is 6.78. The Kier molecular flexibility index (Phi) is 8.06. The van der Waals surface area contributed by atoms with Crippen LogP contribution in [-0.4, -0.2) is 29.2 Å². The van der Waals surface area contributed by atoms with E-state index < -0.39 is 0 Å². The van der Waals surface area contributed by atoms with Crippen molar-refractivity contribution in [2.24, 2.45) is 0 Å². The van der Waals surface area contributed by atoms with Gasteiger partial charge >= 0.3 is 0 Å². The van der Waals surface area contributed by atoms with Gasteiger partial charge in [-0.3, -0.25) is 9.59 Å². The third-order valence-electron chi connectivity index (χ3n) is 6.78. The number of carbonyl (C=O) groups is 1. The average molecular weight is 551 g/mol. The molecule has 1 heterocycles. The van der Waals surface area contributed by atoms with Gasteiger partial charge in [0.25, 0.3) is 0 Å². The Morgan fingerprint density at radius 3 is 2.17 bits per heavy atom. The van der Waals surface area contributed by atoms with Crippen molar-refractivity contribution in [1.29, 1.82) is 0 Å². The number of rotatable bonds is 10. The zero-order valence-electron chi connectivity index (χ0n) is 22.8. The highest BCUT2D eigenvalue weighted by atomic mass is 16.5. The zero-order valence-corrected chi connectivity index (χ0v) is 22.8. The van der Waals surface area contributed by atoms with Crippen molar-refractivity contribution in [3.05, 3.63) is 106 Å². The van der Waals surface area contributed by atoms with Gasteiger partial charge in [0, 0.05) is 23.3 Å². The van der Waals surface area contributed by atoms with Crippen LogP contribution in [0.2, 0.25) is 0 Å². The van der Waals surface area contributed by atoms with Crippen LogP contribution in [0.5, 0.6) is 23.0 Å². The van der Waals surface area contributed by atoms with Gasteiger partial charge in [-0.15, -0.1) is 0 Å². The van der Waals surface area contributed by atoms with E-state index in [9.17, 15) is 19.8 Å². The molecule has 7 heteroatoms. The molecule has 0 bridgehead atoms. The highest BCUT2D eigenvalue weighted by Crippen LogP contribution is 2.37. The van der Waals surface area contributed by atoms with Crippen molar-refractivity contribution in [3.63, 3.8) is 0 Å². The number of Topliss-reactive ketones (excluding diaryl/α,β-unsaturated/α-hetero) is 1. The Morgan fingerprint density at radius 2 is 1.51 bits per heavy atom. The number of benzene rings is 4. The van der Waals surface area contributed by atoms with Crippen LogP contribution in [0.25, 0.3) is 33.4 Å². The lowest BCUT2D eigenvalue weighted by atomic mass is 9.98. The van der Waals surface area contributed by atoms with Crippen LogP contribution in [0.15, 0.2) is 94.1 Å². The van der Waals surface area contributed by atoms with E-state index in [1.54, 1.807) is 18.2 Å². The van der Waals surface area contributed by atoms with Crippen molar-refractivity contribution in [3.8, 4) is 45.4 Å². The third kappa shape index (κ3) is 5.65. The van der Waals surface area contributed by atoms with E-state index in [-0.39, 0.29) is 52.5 Å². The Bertz CT molecular complexity index is 1760. The number of hydrogen-bond acceptors (Lipinski definition) is 7. The van der Waals surface area contributed by atoms with E-state index in [0.29, 0.717) is 40.4 Å². The van der Waals surface area contributed by atoms with Crippen LogP contribution in [-0.2, 0) is 6.42 Å². The number of aromatic hydroxyl groups is 2. The van der Waals surface area contributed by atoms with Crippen LogP contribution >= 0.6 is 0 Å². The SMILES string of the molecule is CCCc1c(OCCOc2cc(O)c3c(=O)c(-c4ccccc4)c(-c4ccccc4)oc3c2)ccc(C(C)=O)c1O. The maximum Gasteiger partial charge on any atom is 0.204 e. The molecule has 0 aliphatic rings. The second kappa shape index (κ2) is 12.0. The standard InChI is InChI=1S/C34H30O7/c1-3-10-26-28(16-15-25(21(2)35)32(26)37)40-18-17-39-24-19-27(36)31-29(20-24)41-34(23-13-8-5-9-14-23)30(33(31)38)22-11-6-4-7-12-22/h4-9,11-16,19-20,36-37H,3,10,17-18H2,1-2H3. The second-order valence-electron chi connectivity index (χ2n) is 9.62. The molecule has 0 atom stereocenters. The number of phenols is 2. The van der Waals surface area contributed by atoms with Crippen molar-refractivity contribution in [2.45, 2.75) is 26.7 Å². The highest BCUT2D eigenvalue weighted by Gasteiger charge is 2.21. The van der Waals surface area contributed by atoms with Crippen LogP contribution in [0.4, 0.5) is 0 Å². The summed E-state index contributed by atoms with van der Waals surface area (Å²) in [4.78, 5) is 25.5. The molecule has 1 aromatic heterocycles. The topological polar surface area (TPSA) is 106 Å². The molecule has 5 rings (SSSR count). The maximum atomic E-state index is 13.7. The van der Waals surface area contributed by atoms with Crippen LogP contribution in [0.3, 0.4) is 0 Å². The minimum absolute atomic E-state index is 0.0589. The smallest absolute Gasteiger partial charge is 0.204 e. The Balaban J connectivity index is 1.43. The molecule has 0 spiro atoms. The van der Waals surface area contributed by atoms with Crippen LogP contribution in [0, 0.1) is 0 Å². The fourth-order valence-corrected chi connectivity index (χ4v) is 4.86. The van der Waals surface area contributed by atoms with Gasteiger partial charge in [0.2, 0.25) is 5.43 Å². The molecule has 0 fully saturated rings. The lowest BCUT2D eigenvalue weighted by Crippen LogP contribution is -2.11.